The summed E-state index contributed by atoms with van der Waals surface area (Å²) >= 11 is 1.18. The highest BCUT2D eigenvalue weighted by Crippen LogP contribution is 2.34. The molecule has 0 saturated carbocycles. The molecule has 0 saturated heterocycles. The van der Waals surface area contributed by atoms with Crippen molar-refractivity contribution < 1.29 is 27.1 Å². The number of nitrogens with zero attached hydrogens (tertiary/aromatic N) is 4. The van der Waals surface area contributed by atoms with Crippen molar-refractivity contribution >= 4 is 17.7 Å². The van der Waals surface area contributed by atoms with E-state index in [1.54, 1.807) is 29.9 Å². The van der Waals surface area contributed by atoms with Gasteiger partial charge in [-0.25, -0.2) is 4.98 Å². The van der Waals surface area contributed by atoms with Gasteiger partial charge in [0.2, 0.25) is 5.89 Å². The Labute approximate surface area is 208 Å². The molecule has 12 heteroatoms. The molecule has 2 aromatic carbocycles. The number of thioether (sulfide) groups is 1. The quantitative estimate of drug-likeness (QED) is 0.234. The lowest BCUT2D eigenvalue weighted by Gasteiger charge is -2.13. The summed E-state index contributed by atoms with van der Waals surface area (Å²) in [6.45, 7) is 0.963. The topological polar surface area (TPSA) is 95.1 Å². The van der Waals surface area contributed by atoms with E-state index in [2.05, 4.69) is 20.5 Å². The molecule has 8 nitrogen and oxygen atoms in total. The number of aromatic nitrogens is 4. The number of nitrogens with one attached hydrogen (secondary N) is 1. The Bertz CT molecular complexity index is 1310. The number of carbonyl (C=O) groups excluding carboxylic acids is 1. The van der Waals surface area contributed by atoms with E-state index < -0.39 is 11.7 Å². The van der Waals surface area contributed by atoms with Crippen LogP contribution in [0.3, 0.4) is 0 Å². The maximum atomic E-state index is 13.4. The number of benzene rings is 2. The second-order valence-corrected chi connectivity index (χ2v) is 8.52. The lowest BCUT2D eigenvalue weighted by molar-refractivity contribution is -0.137. The summed E-state index contributed by atoms with van der Waals surface area (Å²) in [4.78, 5) is 16.4. The fourth-order valence-electron chi connectivity index (χ4n) is 3.31. The zero-order chi connectivity index (χ0) is 25.5. The van der Waals surface area contributed by atoms with E-state index >= 15 is 0 Å². The van der Waals surface area contributed by atoms with E-state index in [9.17, 15) is 18.0 Å². The van der Waals surface area contributed by atoms with Crippen LogP contribution in [0.25, 0.3) is 17.1 Å². The Hall–Kier alpha value is -3.64. The molecule has 4 rings (SSSR count). The molecule has 2 heterocycles. The Morgan fingerprint density at radius 2 is 1.94 bits per heavy atom. The van der Waals surface area contributed by atoms with E-state index in [0.29, 0.717) is 36.1 Å². The van der Waals surface area contributed by atoms with Crippen molar-refractivity contribution in [1.82, 2.24) is 25.1 Å². The minimum absolute atomic E-state index is 0.132. The van der Waals surface area contributed by atoms with Crippen molar-refractivity contribution in [2.45, 2.75) is 23.5 Å². The number of carbonyl (C=O) groups is 1. The average Bonchev–Trinajstić information content (AvgIpc) is 3.53. The van der Waals surface area contributed by atoms with Gasteiger partial charge in [0.1, 0.15) is 6.26 Å². The van der Waals surface area contributed by atoms with Gasteiger partial charge in [-0.05, 0) is 24.6 Å². The molecule has 0 aliphatic carbocycles. The van der Waals surface area contributed by atoms with Gasteiger partial charge in [-0.15, -0.1) is 10.2 Å². The van der Waals surface area contributed by atoms with Crippen LogP contribution < -0.4 is 5.32 Å². The molecular weight excluding hydrogens is 495 g/mol. The van der Waals surface area contributed by atoms with Crippen LogP contribution in [0, 0.1) is 0 Å². The number of hydrogen-bond acceptors (Lipinski definition) is 7. The predicted molar refractivity (Wildman–Crippen MR) is 127 cm³/mol. The molecule has 2 aromatic heterocycles. The Balaban J connectivity index is 1.57. The average molecular weight is 518 g/mol. The van der Waals surface area contributed by atoms with Crippen molar-refractivity contribution in [3.8, 4) is 17.1 Å². The third-order valence-electron chi connectivity index (χ3n) is 5.02. The molecule has 0 unspecified atom stereocenters. The molecule has 36 heavy (non-hydrogen) atoms. The third-order valence-corrected chi connectivity index (χ3v) is 5.93. The van der Waals surface area contributed by atoms with Gasteiger partial charge < -0.3 is 14.5 Å². The molecule has 4 aromatic rings. The Kier molecular flexibility index (Phi) is 8.06. The van der Waals surface area contributed by atoms with Gasteiger partial charge >= 0.3 is 6.18 Å². The molecule has 1 N–H and O–H groups in total. The van der Waals surface area contributed by atoms with Crippen molar-refractivity contribution in [1.29, 1.82) is 0 Å². The smallest absolute Gasteiger partial charge is 0.416 e. The summed E-state index contributed by atoms with van der Waals surface area (Å²) in [5.41, 5.74) is 0.308. The third kappa shape index (κ3) is 6.13. The number of alkyl halides is 3. The number of halogens is 3. The molecule has 188 valence electrons. The zero-order valence-corrected chi connectivity index (χ0v) is 20.0. The fourth-order valence-corrected chi connectivity index (χ4v) is 4.11. The summed E-state index contributed by atoms with van der Waals surface area (Å²) in [6.07, 6.45) is -2.57. The molecule has 0 spiro atoms. The maximum absolute atomic E-state index is 13.4. The first-order valence-electron chi connectivity index (χ1n) is 10.9. The molecule has 0 atom stereocenters. The lowest BCUT2D eigenvalue weighted by Crippen LogP contribution is -2.25. The van der Waals surface area contributed by atoms with Crippen molar-refractivity contribution in [2.75, 3.05) is 20.3 Å². The molecule has 0 aliphatic heterocycles. The van der Waals surface area contributed by atoms with Gasteiger partial charge in [-0.1, -0.05) is 48.2 Å². The number of hydrogen-bond donors (Lipinski definition) is 1. The number of methoxy groups -OCH3 is 1. The van der Waals surface area contributed by atoms with Gasteiger partial charge in [-0.2, -0.15) is 13.2 Å². The predicted octanol–water partition coefficient (Wildman–Crippen LogP) is 5.00. The summed E-state index contributed by atoms with van der Waals surface area (Å²) in [5.74, 6) is 0.468. The van der Waals surface area contributed by atoms with Crippen LogP contribution in [0.15, 0.2) is 70.4 Å². The molecule has 0 aliphatic rings. The van der Waals surface area contributed by atoms with Gasteiger partial charge in [-0.3, -0.25) is 9.36 Å². The van der Waals surface area contributed by atoms with Crippen LogP contribution in [0.2, 0.25) is 0 Å². The van der Waals surface area contributed by atoms with Crippen molar-refractivity contribution in [3.05, 3.63) is 78.0 Å². The van der Waals surface area contributed by atoms with E-state index in [0.717, 1.165) is 12.1 Å². The highest BCUT2D eigenvalue weighted by atomic mass is 32.2. The van der Waals surface area contributed by atoms with Crippen LogP contribution in [-0.2, 0) is 16.7 Å². The Morgan fingerprint density at radius 3 is 2.69 bits per heavy atom. The van der Waals surface area contributed by atoms with Gasteiger partial charge in [0, 0.05) is 25.8 Å². The van der Waals surface area contributed by atoms with Crippen LogP contribution >= 0.6 is 11.8 Å². The normalized spacial score (nSPS) is 11.6. The van der Waals surface area contributed by atoms with E-state index in [4.69, 9.17) is 9.15 Å². The van der Waals surface area contributed by atoms with Crippen LogP contribution in [-0.4, -0.2) is 45.9 Å². The molecule has 0 bridgehead atoms. The summed E-state index contributed by atoms with van der Waals surface area (Å²) < 4.78 is 52.1. The maximum Gasteiger partial charge on any atom is 0.416 e. The summed E-state index contributed by atoms with van der Waals surface area (Å²) in [7, 11) is 1.58. The van der Waals surface area contributed by atoms with Crippen LogP contribution in [0.5, 0.6) is 0 Å². The first-order chi connectivity index (χ1) is 17.4. The van der Waals surface area contributed by atoms with Crippen LogP contribution in [0.1, 0.15) is 28.4 Å². The lowest BCUT2D eigenvalue weighted by atomic mass is 10.1. The standard InChI is InChI=1S/C24H22F3N5O3S/c1-34-12-6-11-28-22(33)19-14-35-20(29-19)15-36-23-31-30-21(16-7-3-2-4-8-16)32(23)18-10-5-9-17(13-18)24(25,26)27/h2-5,7-10,13-14H,6,11-12,15H2,1H3,(H,28,33). The van der Waals surface area contributed by atoms with Crippen molar-refractivity contribution in [2.24, 2.45) is 0 Å². The second kappa shape index (κ2) is 11.4. The monoisotopic (exact) mass is 517 g/mol. The first kappa shape index (κ1) is 25.5. The molecule has 0 radical (unpaired) electrons. The summed E-state index contributed by atoms with van der Waals surface area (Å²) in [6, 6.07) is 14.0. The highest BCUT2D eigenvalue weighted by molar-refractivity contribution is 7.98. The van der Waals surface area contributed by atoms with Crippen molar-refractivity contribution in [3.63, 3.8) is 0 Å². The number of amides is 1. The SMILES string of the molecule is COCCCNC(=O)c1coc(CSc2nnc(-c3ccccc3)n2-c2cccc(C(F)(F)F)c2)n1. The zero-order valence-electron chi connectivity index (χ0n) is 19.2. The minimum atomic E-state index is -4.50. The highest BCUT2D eigenvalue weighted by Gasteiger charge is 2.31. The van der Waals surface area contributed by atoms with Gasteiger partial charge in [0.25, 0.3) is 5.91 Å². The second-order valence-electron chi connectivity index (χ2n) is 7.57. The molecule has 0 fully saturated rings. The minimum Gasteiger partial charge on any atom is -0.447 e. The Morgan fingerprint density at radius 1 is 1.14 bits per heavy atom. The number of rotatable bonds is 10. The van der Waals surface area contributed by atoms with E-state index in [-0.39, 0.29) is 28.9 Å². The number of ether oxygens (including phenoxy) is 1. The van der Waals surface area contributed by atoms with Gasteiger partial charge in [0.05, 0.1) is 17.0 Å². The molecular formula is C24H22F3N5O3S. The van der Waals surface area contributed by atoms with Gasteiger partial charge in [0.15, 0.2) is 16.7 Å². The number of oxazole rings is 1. The van der Waals surface area contributed by atoms with Crippen LogP contribution in [0.4, 0.5) is 13.2 Å². The van der Waals surface area contributed by atoms with E-state index in [1.807, 2.05) is 18.2 Å². The largest absolute Gasteiger partial charge is 0.447 e. The summed E-state index contributed by atoms with van der Waals surface area (Å²) in [5, 5.41) is 11.5. The van der Waals surface area contributed by atoms with E-state index in [1.165, 1.54) is 24.1 Å². The fraction of sp³-hybridized carbons (Fsp3) is 0.250. The molecule has 1 amide bonds. The first-order valence-corrected chi connectivity index (χ1v) is 11.9.